The SMILES string of the molecule is C[N+](C)(C)c1ccc(C(=O)NCCCCC(NC(=O)NC(CCC(=O)O)C(=O)O)C(=O)O)cn1. The fraction of sp³-hybridized carbons (Fsp3) is 0.524. The van der Waals surface area contributed by atoms with E-state index in [0.29, 0.717) is 22.9 Å². The second-order valence-corrected chi connectivity index (χ2v) is 8.50. The van der Waals surface area contributed by atoms with Crippen LogP contribution in [0.3, 0.4) is 0 Å². The van der Waals surface area contributed by atoms with Gasteiger partial charge in [0.25, 0.3) is 5.91 Å². The number of hydrogen-bond acceptors (Lipinski definition) is 6. The van der Waals surface area contributed by atoms with E-state index >= 15 is 0 Å². The normalized spacial score (nSPS) is 12.8. The molecule has 0 aliphatic rings. The summed E-state index contributed by atoms with van der Waals surface area (Å²) in [4.78, 5) is 61.6. The minimum Gasteiger partial charge on any atom is -0.481 e. The molecule has 0 aliphatic carbocycles. The zero-order valence-corrected chi connectivity index (χ0v) is 19.4. The van der Waals surface area contributed by atoms with E-state index in [1.807, 2.05) is 21.1 Å². The van der Waals surface area contributed by atoms with E-state index in [4.69, 9.17) is 10.2 Å². The number of carbonyl (C=O) groups is 5. The lowest BCUT2D eigenvalue weighted by molar-refractivity contribution is -0.140. The van der Waals surface area contributed by atoms with Crippen molar-refractivity contribution in [2.24, 2.45) is 0 Å². The number of nitrogens with one attached hydrogen (secondary N) is 3. The zero-order valence-electron chi connectivity index (χ0n) is 19.4. The smallest absolute Gasteiger partial charge is 0.326 e. The molecule has 0 aromatic carbocycles. The molecule has 13 nitrogen and oxygen atoms in total. The third-order valence-corrected chi connectivity index (χ3v) is 4.76. The van der Waals surface area contributed by atoms with Crippen molar-refractivity contribution in [1.29, 1.82) is 0 Å². The number of urea groups is 1. The molecule has 1 aromatic rings. The first-order valence-electron chi connectivity index (χ1n) is 10.6. The first-order valence-corrected chi connectivity index (χ1v) is 10.6. The fourth-order valence-corrected chi connectivity index (χ4v) is 2.84. The molecule has 188 valence electrons. The van der Waals surface area contributed by atoms with Gasteiger partial charge < -0.3 is 31.3 Å². The van der Waals surface area contributed by atoms with Gasteiger partial charge in [0.15, 0.2) is 0 Å². The summed E-state index contributed by atoms with van der Waals surface area (Å²) in [5, 5.41) is 34.0. The summed E-state index contributed by atoms with van der Waals surface area (Å²) >= 11 is 0. The average molecular weight is 483 g/mol. The van der Waals surface area contributed by atoms with Crippen LogP contribution in [-0.4, -0.2) is 89.9 Å². The molecule has 0 saturated carbocycles. The van der Waals surface area contributed by atoms with Gasteiger partial charge in [0.2, 0.25) is 5.82 Å². The van der Waals surface area contributed by atoms with Crippen LogP contribution >= 0.6 is 0 Å². The van der Waals surface area contributed by atoms with E-state index < -0.39 is 42.4 Å². The molecule has 0 saturated heterocycles. The Morgan fingerprint density at radius 2 is 1.50 bits per heavy atom. The van der Waals surface area contributed by atoms with E-state index in [9.17, 15) is 29.1 Å². The third-order valence-electron chi connectivity index (χ3n) is 4.76. The number of hydrogen-bond donors (Lipinski definition) is 6. The summed E-state index contributed by atoms with van der Waals surface area (Å²) in [7, 11) is 5.86. The fourth-order valence-electron chi connectivity index (χ4n) is 2.84. The quantitative estimate of drug-likeness (QED) is 0.159. The predicted octanol–water partition coefficient (Wildman–Crippen LogP) is 0.249. The summed E-state index contributed by atoms with van der Waals surface area (Å²) in [5.41, 5.74) is 0.398. The Kier molecular flexibility index (Phi) is 10.9. The molecule has 13 heteroatoms. The van der Waals surface area contributed by atoms with Gasteiger partial charge in [0, 0.05) is 25.2 Å². The van der Waals surface area contributed by atoms with Gasteiger partial charge >= 0.3 is 23.9 Å². The number of carboxylic acid groups (broad SMARTS) is 3. The Morgan fingerprint density at radius 3 is 1.97 bits per heavy atom. The number of nitrogens with zero attached hydrogens (tertiary/aromatic N) is 2. The monoisotopic (exact) mass is 482 g/mol. The first kappa shape index (κ1) is 28.3. The van der Waals surface area contributed by atoms with Crippen molar-refractivity contribution in [2.45, 2.75) is 44.2 Å². The lowest BCUT2D eigenvalue weighted by atomic mass is 10.1. The first-order chi connectivity index (χ1) is 15.8. The Hall–Kier alpha value is -3.74. The minimum atomic E-state index is -1.47. The largest absolute Gasteiger partial charge is 0.481 e. The summed E-state index contributed by atoms with van der Waals surface area (Å²) in [5.74, 6) is -3.47. The van der Waals surface area contributed by atoms with Crippen LogP contribution in [0, 0.1) is 0 Å². The van der Waals surface area contributed by atoms with Gasteiger partial charge in [-0.05, 0) is 31.7 Å². The van der Waals surface area contributed by atoms with Crippen molar-refractivity contribution in [1.82, 2.24) is 25.4 Å². The van der Waals surface area contributed by atoms with Crippen molar-refractivity contribution in [3.05, 3.63) is 23.9 Å². The van der Waals surface area contributed by atoms with Crippen LogP contribution in [0.4, 0.5) is 10.6 Å². The van der Waals surface area contributed by atoms with E-state index in [-0.39, 0.29) is 25.3 Å². The van der Waals surface area contributed by atoms with Crippen LogP contribution < -0.4 is 20.4 Å². The second-order valence-electron chi connectivity index (χ2n) is 8.50. The molecular weight excluding hydrogens is 450 g/mol. The second kappa shape index (κ2) is 13.1. The molecule has 0 aliphatic heterocycles. The van der Waals surface area contributed by atoms with E-state index in [1.54, 1.807) is 12.1 Å². The molecule has 1 aromatic heterocycles. The Labute approximate surface area is 196 Å². The maximum Gasteiger partial charge on any atom is 0.326 e. The van der Waals surface area contributed by atoms with Gasteiger partial charge in [-0.3, -0.25) is 14.1 Å². The third kappa shape index (κ3) is 10.3. The van der Waals surface area contributed by atoms with Crippen LogP contribution in [0.1, 0.15) is 42.5 Å². The Morgan fingerprint density at radius 1 is 0.912 bits per heavy atom. The van der Waals surface area contributed by atoms with Gasteiger partial charge in [-0.1, -0.05) is 0 Å². The van der Waals surface area contributed by atoms with E-state index in [1.165, 1.54) is 6.20 Å². The highest BCUT2D eigenvalue weighted by molar-refractivity contribution is 5.94. The number of carboxylic acids is 3. The highest BCUT2D eigenvalue weighted by Gasteiger charge is 2.24. The van der Waals surface area contributed by atoms with E-state index in [2.05, 4.69) is 20.9 Å². The number of rotatable bonds is 14. The topological polar surface area (TPSA) is 195 Å². The number of unbranched alkanes of at least 4 members (excludes halogenated alkanes) is 1. The standard InChI is InChI=1S/C21H31N5O8/c1-26(2,3)16-9-7-13(12-23-16)18(29)22-11-5-4-6-14(19(30)31)24-21(34)25-15(20(32)33)8-10-17(27)28/h7,9,12,14-15H,4-6,8,10-11H2,1-3H3,(H5-,22,24,25,27,28,29,30,31,32,33,34)/p+1. The van der Waals surface area contributed by atoms with Crippen LogP contribution in [0.15, 0.2) is 18.3 Å². The molecule has 0 fully saturated rings. The minimum absolute atomic E-state index is 0.0469. The number of pyridine rings is 1. The van der Waals surface area contributed by atoms with Crippen LogP contribution in [-0.2, 0) is 14.4 Å². The summed E-state index contributed by atoms with van der Waals surface area (Å²) < 4.78 is 0.512. The summed E-state index contributed by atoms with van der Waals surface area (Å²) in [6.45, 7) is 0.282. The Bertz CT molecular complexity index is 882. The average Bonchev–Trinajstić information content (AvgIpc) is 2.74. The van der Waals surface area contributed by atoms with Gasteiger partial charge in [0.1, 0.15) is 12.1 Å². The maximum absolute atomic E-state index is 12.2. The summed E-state index contributed by atoms with van der Waals surface area (Å²) in [6.07, 6.45) is 1.52. The van der Waals surface area contributed by atoms with Crippen LogP contribution in [0.25, 0.3) is 0 Å². The lowest BCUT2D eigenvalue weighted by Crippen LogP contribution is -2.51. The van der Waals surface area contributed by atoms with Crippen molar-refractivity contribution in [3.8, 4) is 0 Å². The molecule has 2 unspecified atom stereocenters. The number of amides is 3. The predicted molar refractivity (Wildman–Crippen MR) is 121 cm³/mol. The maximum atomic E-state index is 12.2. The van der Waals surface area contributed by atoms with Crippen molar-refractivity contribution < 1.29 is 39.3 Å². The molecule has 0 radical (unpaired) electrons. The molecular formula is C21H32N5O8+. The van der Waals surface area contributed by atoms with Crippen LogP contribution in [0.2, 0.25) is 0 Å². The van der Waals surface area contributed by atoms with Crippen molar-refractivity contribution in [3.63, 3.8) is 0 Å². The summed E-state index contributed by atoms with van der Waals surface area (Å²) in [6, 6.07) is -0.336. The van der Waals surface area contributed by atoms with Gasteiger partial charge in [0.05, 0.1) is 26.7 Å². The van der Waals surface area contributed by atoms with Gasteiger partial charge in [-0.15, -0.1) is 0 Å². The molecule has 1 rings (SSSR count). The van der Waals surface area contributed by atoms with Crippen LogP contribution in [0.5, 0.6) is 0 Å². The van der Waals surface area contributed by atoms with Gasteiger partial charge in [-0.25, -0.2) is 19.4 Å². The molecule has 0 bridgehead atoms. The zero-order chi connectivity index (χ0) is 25.9. The number of quaternary nitrogens is 1. The highest BCUT2D eigenvalue weighted by atomic mass is 16.4. The molecule has 0 spiro atoms. The van der Waals surface area contributed by atoms with Crippen molar-refractivity contribution >= 4 is 35.7 Å². The number of aromatic nitrogens is 1. The number of carbonyl (C=O) groups excluding carboxylic acids is 2. The van der Waals surface area contributed by atoms with Gasteiger partial charge in [-0.2, -0.15) is 0 Å². The Balaban J connectivity index is 2.45. The molecule has 6 N–H and O–H groups in total. The molecule has 1 heterocycles. The molecule has 3 amide bonds. The molecule has 2 atom stereocenters. The van der Waals surface area contributed by atoms with E-state index in [0.717, 1.165) is 5.82 Å². The highest BCUT2D eigenvalue weighted by Crippen LogP contribution is 2.13. The molecule has 34 heavy (non-hydrogen) atoms. The lowest BCUT2D eigenvalue weighted by Gasteiger charge is -2.21. The number of aliphatic carboxylic acids is 3. The van der Waals surface area contributed by atoms with Crippen molar-refractivity contribution in [2.75, 3.05) is 27.7 Å².